The van der Waals surface area contributed by atoms with Gasteiger partial charge in [-0.25, -0.2) is 0 Å². The number of esters is 2. The summed E-state index contributed by atoms with van der Waals surface area (Å²) in [7, 11) is 1.72. The highest BCUT2D eigenvalue weighted by Crippen LogP contribution is 2.52. The molecule has 0 spiro atoms. The van der Waals surface area contributed by atoms with Crippen LogP contribution >= 0.6 is 136 Å². The van der Waals surface area contributed by atoms with Crippen LogP contribution in [-0.4, -0.2) is 48.8 Å². The molecule has 4 unspecified atom stereocenters. The van der Waals surface area contributed by atoms with E-state index >= 15 is 0 Å². The molecule has 119 heavy (non-hydrogen) atoms. The SMILES string of the molecule is C1CCOC1.CCCCCCc1ccc(CC(OC(C)=O)c2cc3sc4cc5c(cc4c3s2)sc2cc(C(Cc3ccc(CCCCCC)cc3)OC(C)=O)sc25)cc1.COc1cc2sc3cc4c(cc3c2s1)sc1cc(C=O)sc14.Cc1ccc(CC(O)c2cc3sc4cc5c(cc4c3s2)sc2cc(C(O)Cc3ccc(C)cc3)sc25)cc1. The van der Waals surface area contributed by atoms with Crippen LogP contribution in [-0.2, 0) is 62.3 Å². The predicted octanol–water partition coefficient (Wildman–Crippen LogP) is 31.4. The van der Waals surface area contributed by atoms with Crippen molar-refractivity contribution in [1.82, 2.24) is 0 Å². The maximum atomic E-state index is 12.2. The molecule has 20 rings (SSSR count). The molecule has 0 radical (unpaired) electrons. The second-order valence-corrected chi connectivity index (χ2v) is 44.0. The zero-order valence-electron chi connectivity index (χ0n) is 67.4. The van der Waals surface area contributed by atoms with Gasteiger partial charge in [-0.3, -0.25) is 14.4 Å². The van der Waals surface area contributed by atoms with Crippen LogP contribution in [0.2, 0.25) is 0 Å². The van der Waals surface area contributed by atoms with Crippen LogP contribution in [0.5, 0.6) is 5.06 Å². The summed E-state index contributed by atoms with van der Waals surface area (Å²) in [6, 6.07) is 61.4. The highest BCUT2D eigenvalue weighted by atomic mass is 32.1. The molecule has 0 aliphatic carbocycles. The molecule has 7 aromatic carbocycles. The fourth-order valence-electron chi connectivity index (χ4n) is 15.7. The Morgan fingerprint density at radius 1 is 0.370 bits per heavy atom. The number of ether oxygens (including phenoxy) is 4. The van der Waals surface area contributed by atoms with Gasteiger partial charge in [-0.05, 0) is 152 Å². The minimum atomic E-state index is -0.488. The van der Waals surface area contributed by atoms with E-state index in [9.17, 15) is 24.6 Å². The molecular formula is C98H92O9S12. The summed E-state index contributed by atoms with van der Waals surface area (Å²) in [4.78, 5) is 40.5. The third-order valence-corrected chi connectivity index (χ3v) is 36.6. The van der Waals surface area contributed by atoms with Crippen LogP contribution < -0.4 is 4.74 Å². The standard InChI is InChI=1S/C46H50O4S4.C32H26O2S4.C16H8O2S4.C4H8O/c1-5-7-9-11-13-31-15-19-33(20-16-31)23-37(49-29(3)47)41-27-43-45(53-41)35-25-40-36(26-39(35)51-43)46-44(52-40)28-42(54-46)38(50-30(4)48)24-34-21-17-32(18-22-34)14-12-10-8-6-2;1-17-3-7-19(8-4-17)11-23(33)27-15-29-31(37-27)21-13-26-22(14-25(21)35-29)32-30(36-26)16-28(38-32)24(34)12-20-9-5-18(2)6-10-20;1-18-14-5-13-16(22-14)9-4-10-8(3-11(9)21-13)15-12(20-10)2-7(6-17)19-15;1-2-4-5-3-1/h15-22,25-28,37-38H,5-14,23-24H2,1-4H3;3-10,13-16,23-24,33-34H,11-12H2,1-2H3;2-6H,1H3;1-4H2. The van der Waals surface area contributed by atoms with Crippen LogP contribution in [0.25, 0.3) is 117 Å². The van der Waals surface area contributed by atoms with E-state index < -0.39 is 12.2 Å². The molecule has 0 amide bonds. The van der Waals surface area contributed by atoms with Crippen molar-refractivity contribution in [3.63, 3.8) is 0 Å². The van der Waals surface area contributed by atoms with E-state index in [1.54, 1.807) is 109 Å². The molecule has 1 aliphatic heterocycles. The molecule has 21 heteroatoms. The number of rotatable bonds is 26. The van der Waals surface area contributed by atoms with Gasteiger partial charge in [0.05, 0.1) is 57.1 Å². The van der Waals surface area contributed by atoms with Gasteiger partial charge < -0.3 is 29.2 Å². The van der Waals surface area contributed by atoms with Crippen molar-refractivity contribution in [2.24, 2.45) is 0 Å². The molecule has 19 aromatic rings. The summed E-state index contributed by atoms with van der Waals surface area (Å²) in [6.45, 7) is 13.7. The third-order valence-electron chi connectivity index (χ3n) is 22.0. The van der Waals surface area contributed by atoms with Gasteiger partial charge in [0.25, 0.3) is 0 Å². The smallest absolute Gasteiger partial charge is 0.303 e. The Bertz CT molecular complexity index is 6470. The van der Waals surface area contributed by atoms with Gasteiger partial charge in [-0.2, -0.15) is 0 Å². The van der Waals surface area contributed by atoms with E-state index in [1.165, 1.54) is 228 Å². The first-order valence-electron chi connectivity index (χ1n) is 41.0. The largest absolute Gasteiger partial charge is 0.487 e. The van der Waals surface area contributed by atoms with Gasteiger partial charge in [0.1, 0.15) is 12.2 Å². The average Bonchev–Trinajstić information content (AvgIpc) is 1.59. The van der Waals surface area contributed by atoms with Crippen LogP contribution in [0.1, 0.15) is 190 Å². The third kappa shape index (κ3) is 19.0. The van der Waals surface area contributed by atoms with Gasteiger partial charge >= 0.3 is 11.9 Å². The number of unbranched alkanes of at least 4 members (excludes halogenated alkanes) is 6. The van der Waals surface area contributed by atoms with Crippen LogP contribution in [0.4, 0.5) is 0 Å². The van der Waals surface area contributed by atoms with Crippen molar-refractivity contribution in [1.29, 1.82) is 0 Å². The Balaban J connectivity index is 0.000000133. The fraction of sp³-hybridized carbons (Fsp3) is 0.296. The quantitative estimate of drug-likeness (QED) is 0.0309. The number of methoxy groups -OCH3 is 1. The lowest BCUT2D eigenvalue weighted by molar-refractivity contribution is -0.147. The molecular weight excluding hydrogens is 1710 g/mol. The average molecular weight is 1800 g/mol. The van der Waals surface area contributed by atoms with Crippen molar-refractivity contribution in [3.8, 4) is 5.06 Å². The normalized spacial score (nSPS) is 13.5. The Hall–Kier alpha value is -7.65. The topological polar surface area (TPSA) is 129 Å². The molecule has 9 nitrogen and oxygen atoms in total. The first-order chi connectivity index (χ1) is 57.9. The zero-order chi connectivity index (χ0) is 82.0. The predicted molar refractivity (Wildman–Crippen MR) is 521 cm³/mol. The Kier molecular flexibility index (Phi) is 26.4. The summed E-state index contributed by atoms with van der Waals surface area (Å²) in [5.74, 6) is -0.508. The van der Waals surface area contributed by atoms with Crippen molar-refractivity contribution in [2.45, 2.75) is 169 Å². The molecule has 610 valence electrons. The highest BCUT2D eigenvalue weighted by Gasteiger charge is 2.27. The van der Waals surface area contributed by atoms with E-state index in [0.29, 0.717) is 25.7 Å². The van der Waals surface area contributed by atoms with Crippen molar-refractivity contribution < 1.29 is 43.5 Å². The molecule has 0 saturated carbocycles. The van der Waals surface area contributed by atoms with Gasteiger partial charge in [0.2, 0.25) is 0 Å². The number of hydrogen-bond acceptors (Lipinski definition) is 21. The second-order valence-electron chi connectivity index (χ2n) is 31.0. The Morgan fingerprint density at radius 2 is 0.681 bits per heavy atom. The van der Waals surface area contributed by atoms with Crippen LogP contribution in [0.3, 0.4) is 0 Å². The van der Waals surface area contributed by atoms with E-state index in [1.807, 2.05) is 40.1 Å². The Morgan fingerprint density at radius 3 is 1.02 bits per heavy atom. The first kappa shape index (κ1) is 83.6. The van der Waals surface area contributed by atoms with Gasteiger partial charge in [0, 0.05) is 162 Å². The number of aliphatic hydroxyl groups is 2. The number of aldehydes is 1. The monoisotopic (exact) mass is 1800 g/mol. The minimum Gasteiger partial charge on any atom is -0.487 e. The lowest BCUT2D eigenvalue weighted by Crippen LogP contribution is -2.10. The lowest BCUT2D eigenvalue weighted by Gasteiger charge is -2.16. The molecule has 13 heterocycles. The first-order valence-corrected chi connectivity index (χ1v) is 50.8. The van der Waals surface area contributed by atoms with Gasteiger partial charge in [-0.15, -0.1) is 125 Å². The maximum Gasteiger partial charge on any atom is 0.303 e. The van der Waals surface area contributed by atoms with Crippen molar-refractivity contribution in [3.05, 3.63) is 239 Å². The molecule has 1 fully saturated rings. The number of thiophene rings is 12. The zero-order valence-corrected chi connectivity index (χ0v) is 77.2. The molecule has 1 saturated heterocycles. The van der Waals surface area contributed by atoms with Gasteiger partial charge in [-0.1, -0.05) is 172 Å². The van der Waals surface area contributed by atoms with E-state index in [2.05, 4.69) is 191 Å². The van der Waals surface area contributed by atoms with Crippen molar-refractivity contribution in [2.75, 3.05) is 20.3 Å². The van der Waals surface area contributed by atoms with Gasteiger partial charge in [0.15, 0.2) is 11.3 Å². The van der Waals surface area contributed by atoms with Crippen molar-refractivity contribution >= 4 is 271 Å². The molecule has 4 atom stereocenters. The number of carbonyl (C=O) groups is 3. The molecule has 2 N–H and O–H groups in total. The van der Waals surface area contributed by atoms with Crippen LogP contribution in [0, 0.1) is 13.8 Å². The number of fused-ring (bicyclic) bond motifs is 18. The minimum absolute atomic E-state index is 0.254. The summed E-state index contributed by atoms with van der Waals surface area (Å²) >= 11 is 21.0. The van der Waals surface area contributed by atoms with E-state index in [4.69, 9.17) is 18.9 Å². The summed E-state index contributed by atoms with van der Waals surface area (Å²) in [6.07, 6.45) is 16.8. The number of aliphatic hydroxyl groups excluding tert-OH is 2. The summed E-state index contributed by atoms with van der Waals surface area (Å²) < 4.78 is 44.9. The highest BCUT2D eigenvalue weighted by molar-refractivity contribution is 7.37. The summed E-state index contributed by atoms with van der Waals surface area (Å²) in [5.41, 5.74) is 9.90. The van der Waals surface area contributed by atoms with E-state index in [-0.39, 0.29) is 24.1 Å². The molecule has 0 bridgehead atoms. The number of benzene rings is 7. The van der Waals surface area contributed by atoms with E-state index in [0.717, 1.165) is 72.9 Å². The number of aryl methyl sites for hydroxylation is 4. The fourth-order valence-corrected chi connectivity index (χ4v) is 30.6. The number of carbonyl (C=O) groups excluding carboxylic acids is 3. The number of hydrogen-bond donors (Lipinski definition) is 2. The maximum absolute atomic E-state index is 12.2. The molecule has 1 aliphatic rings. The lowest BCUT2D eigenvalue weighted by atomic mass is 10.0. The van der Waals surface area contributed by atoms with Crippen LogP contribution in [0.15, 0.2) is 170 Å². The summed E-state index contributed by atoms with van der Waals surface area (Å²) in [5, 5.41) is 30.5. The second kappa shape index (κ2) is 37.6. The molecule has 12 aromatic heterocycles. The Labute approximate surface area is 740 Å².